The average molecular weight is 287 g/mol. The Bertz CT molecular complexity index is 337. The molecule has 0 aliphatic heterocycles. The maximum Gasteiger partial charge on any atom is 0.173 e. The lowest BCUT2D eigenvalue weighted by Gasteiger charge is -2.22. The quantitative estimate of drug-likeness (QED) is 0.857. The Balaban J connectivity index is 2.65. The van der Waals surface area contributed by atoms with Gasteiger partial charge in [-0.2, -0.15) is 0 Å². The highest BCUT2D eigenvalue weighted by molar-refractivity contribution is 9.10. The fraction of sp³-hybridized carbons (Fsp3) is 0.364. The van der Waals surface area contributed by atoms with Crippen LogP contribution in [0.3, 0.4) is 0 Å². The molecular weight excluding hydrogens is 272 g/mol. The van der Waals surface area contributed by atoms with Gasteiger partial charge < -0.3 is 10.2 Å². The Morgan fingerprint density at radius 3 is 2.60 bits per heavy atom. The van der Waals surface area contributed by atoms with Gasteiger partial charge in [0.05, 0.1) is 0 Å². The van der Waals surface area contributed by atoms with Crippen molar-refractivity contribution in [1.82, 2.24) is 4.90 Å². The van der Waals surface area contributed by atoms with Crippen molar-refractivity contribution in [3.63, 3.8) is 0 Å². The zero-order valence-electron chi connectivity index (χ0n) is 8.96. The first-order valence-corrected chi connectivity index (χ1v) is 6.19. The molecule has 0 bridgehead atoms. The average Bonchev–Trinajstić information content (AvgIpc) is 2.19. The van der Waals surface area contributed by atoms with E-state index in [1.807, 2.05) is 24.3 Å². The van der Waals surface area contributed by atoms with E-state index in [1.54, 1.807) is 0 Å². The molecule has 1 N–H and O–H groups in total. The first-order chi connectivity index (χ1) is 7.17. The lowest BCUT2D eigenvalue weighted by molar-refractivity contribution is 0.473. The fourth-order valence-electron chi connectivity index (χ4n) is 1.28. The highest BCUT2D eigenvalue weighted by atomic mass is 79.9. The standard InChI is InChI=1S/C11H15BrN2S/c1-3-14(4-2)11(15)13-10-7-5-6-9(12)8-10/h5-8H,3-4H2,1-2H3,(H,13,15). The number of hydrogen-bond acceptors (Lipinski definition) is 1. The van der Waals surface area contributed by atoms with Crippen LogP contribution in [-0.4, -0.2) is 23.1 Å². The second-order valence-electron chi connectivity index (χ2n) is 3.11. The van der Waals surface area contributed by atoms with Gasteiger partial charge in [-0.1, -0.05) is 22.0 Å². The normalized spacial score (nSPS) is 9.80. The molecule has 0 saturated heterocycles. The van der Waals surface area contributed by atoms with Crippen LogP contribution < -0.4 is 5.32 Å². The maximum absolute atomic E-state index is 5.30. The molecule has 1 aromatic rings. The summed E-state index contributed by atoms with van der Waals surface area (Å²) in [6, 6.07) is 7.99. The molecule has 4 heteroatoms. The van der Waals surface area contributed by atoms with Gasteiger partial charge in [-0.15, -0.1) is 0 Å². The minimum absolute atomic E-state index is 0.776. The molecule has 0 heterocycles. The largest absolute Gasteiger partial charge is 0.350 e. The van der Waals surface area contributed by atoms with Gasteiger partial charge in [0.25, 0.3) is 0 Å². The Hall–Kier alpha value is -0.610. The molecule has 0 aliphatic carbocycles. The molecule has 0 fully saturated rings. The van der Waals surface area contributed by atoms with Gasteiger partial charge in [-0.3, -0.25) is 0 Å². The smallest absolute Gasteiger partial charge is 0.173 e. The van der Waals surface area contributed by atoms with Gasteiger partial charge in [0.2, 0.25) is 0 Å². The van der Waals surface area contributed by atoms with E-state index in [4.69, 9.17) is 12.2 Å². The van der Waals surface area contributed by atoms with E-state index in [2.05, 4.69) is 40.0 Å². The summed E-state index contributed by atoms with van der Waals surface area (Å²) >= 11 is 8.72. The van der Waals surface area contributed by atoms with Crippen molar-refractivity contribution in [3.8, 4) is 0 Å². The van der Waals surface area contributed by atoms with Crippen LogP contribution in [0.4, 0.5) is 5.69 Å². The van der Waals surface area contributed by atoms with Crippen molar-refractivity contribution in [1.29, 1.82) is 0 Å². The molecular formula is C11H15BrN2S. The zero-order chi connectivity index (χ0) is 11.3. The van der Waals surface area contributed by atoms with Crippen LogP contribution in [-0.2, 0) is 0 Å². The molecule has 0 saturated carbocycles. The number of halogens is 1. The Morgan fingerprint density at radius 2 is 2.07 bits per heavy atom. The lowest BCUT2D eigenvalue weighted by Crippen LogP contribution is -2.34. The number of nitrogens with one attached hydrogen (secondary N) is 1. The van der Waals surface area contributed by atoms with Gasteiger partial charge in [-0.25, -0.2) is 0 Å². The predicted molar refractivity (Wildman–Crippen MR) is 73.3 cm³/mol. The molecule has 0 amide bonds. The Morgan fingerprint density at radius 1 is 1.40 bits per heavy atom. The molecule has 15 heavy (non-hydrogen) atoms. The van der Waals surface area contributed by atoms with E-state index < -0.39 is 0 Å². The van der Waals surface area contributed by atoms with Gasteiger partial charge in [0.15, 0.2) is 5.11 Å². The van der Waals surface area contributed by atoms with Gasteiger partial charge in [0, 0.05) is 23.2 Å². The van der Waals surface area contributed by atoms with Crippen LogP contribution in [0.5, 0.6) is 0 Å². The monoisotopic (exact) mass is 286 g/mol. The third-order valence-electron chi connectivity index (χ3n) is 2.13. The van der Waals surface area contributed by atoms with Crippen molar-refractivity contribution in [3.05, 3.63) is 28.7 Å². The van der Waals surface area contributed by atoms with Crippen LogP contribution >= 0.6 is 28.1 Å². The SMILES string of the molecule is CCN(CC)C(=S)Nc1cccc(Br)c1. The summed E-state index contributed by atoms with van der Waals surface area (Å²) in [6.45, 7) is 6.05. The van der Waals surface area contributed by atoms with Crippen molar-refractivity contribution in [2.45, 2.75) is 13.8 Å². The van der Waals surface area contributed by atoms with Crippen molar-refractivity contribution < 1.29 is 0 Å². The summed E-state index contributed by atoms with van der Waals surface area (Å²) in [6.07, 6.45) is 0. The number of thiocarbonyl (C=S) groups is 1. The number of benzene rings is 1. The van der Waals surface area contributed by atoms with E-state index in [0.29, 0.717) is 0 Å². The number of anilines is 1. The van der Waals surface area contributed by atoms with Crippen molar-refractivity contribution in [2.75, 3.05) is 18.4 Å². The second kappa shape index (κ2) is 6.08. The molecule has 0 aliphatic rings. The van der Waals surface area contributed by atoms with E-state index in [9.17, 15) is 0 Å². The molecule has 1 aromatic carbocycles. The predicted octanol–water partition coefficient (Wildman–Crippen LogP) is 3.49. The zero-order valence-corrected chi connectivity index (χ0v) is 11.4. The lowest BCUT2D eigenvalue weighted by atomic mass is 10.3. The number of rotatable bonds is 3. The molecule has 82 valence electrons. The van der Waals surface area contributed by atoms with Crippen LogP contribution in [0.25, 0.3) is 0 Å². The van der Waals surface area contributed by atoms with E-state index >= 15 is 0 Å². The van der Waals surface area contributed by atoms with Crippen molar-refractivity contribution in [2.24, 2.45) is 0 Å². The first-order valence-electron chi connectivity index (χ1n) is 4.98. The summed E-state index contributed by atoms with van der Waals surface area (Å²) in [5, 5.41) is 3.99. The van der Waals surface area contributed by atoms with Crippen LogP contribution in [0.15, 0.2) is 28.7 Å². The van der Waals surface area contributed by atoms with E-state index in [1.165, 1.54) is 0 Å². The Kier molecular flexibility index (Phi) is 5.05. The molecule has 0 spiro atoms. The molecule has 0 unspecified atom stereocenters. The number of nitrogens with zero attached hydrogens (tertiary/aromatic N) is 1. The summed E-state index contributed by atoms with van der Waals surface area (Å²) < 4.78 is 1.05. The first kappa shape index (κ1) is 12.5. The summed E-state index contributed by atoms with van der Waals surface area (Å²) in [5.74, 6) is 0. The van der Waals surface area contributed by atoms with E-state index in [0.717, 1.165) is 28.4 Å². The number of hydrogen-bond donors (Lipinski definition) is 1. The molecule has 0 radical (unpaired) electrons. The van der Waals surface area contributed by atoms with Gasteiger partial charge in [-0.05, 0) is 44.3 Å². The van der Waals surface area contributed by atoms with Crippen LogP contribution in [0, 0.1) is 0 Å². The third kappa shape index (κ3) is 3.80. The van der Waals surface area contributed by atoms with Gasteiger partial charge in [0.1, 0.15) is 0 Å². The highest BCUT2D eigenvalue weighted by Gasteiger charge is 2.04. The summed E-state index contributed by atoms with van der Waals surface area (Å²) in [7, 11) is 0. The maximum atomic E-state index is 5.30. The molecule has 1 rings (SSSR count). The minimum atomic E-state index is 0.776. The molecule has 0 aromatic heterocycles. The topological polar surface area (TPSA) is 15.3 Å². The summed E-state index contributed by atoms with van der Waals surface area (Å²) in [4.78, 5) is 2.11. The second-order valence-corrected chi connectivity index (χ2v) is 4.42. The van der Waals surface area contributed by atoms with Crippen LogP contribution in [0.2, 0.25) is 0 Å². The van der Waals surface area contributed by atoms with E-state index in [-0.39, 0.29) is 0 Å². The van der Waals surface area contributed by atoms with Crippen molar-refractivity contribution >= 4 is 38.9 Å². The Labute approximate surface area is 105 Å². The minimum Gasteiger partial charge on any atom is -0.350 e. The van der Waals surface area contributed by atoms with Gasteiger partial charge >= 0.3 is 0 Å². The molecule has 2 nitrogen and oxygen atoms in total. The summed E-state index contributed by atoms with van der Waals surface area (Å²) in [5.41, 5.74) is 1.02. The third-order valence-corrected chi connectivity index (χ3v) is 2.98. The molecule has 0 atom stereocenters. The fourth-order valence-corrected chi connectivity index (χ4v) is 2.05. The highest BCUT2D eigenvalue weighted by Crippen LogP contribution is 2.16. The van der Waals surface area contributed by atoms with Crippen LogP contribution in [0.1, 0.15) is 13.8 Å².